The third-order valence-corrected chi connectivity index (χ3v) is 4.97. The van der Waals surface area contributed by atoms with Crippen LogP contribution in [0.3, 0.4) is 0 Å². The zero-order chi connectivity index (χ0) is 18.5. The summed E-state index contributed by atoms with van der Waals surface area (Å²) in [4.78, 5) is 16.8. The minimum absolute atomic E-state index is 0.157. The number of benzene rings is 2. The van der Waals surface area contributed by atoms with E-state index in [9.17, 15) is 9.18 Å². The fourth-order valence-electron chi connectivity index (χ4n) is 2.47. The lowest BCUT2D eigenvalue weighted by Gasteiger charge is -2.09. The van der Waals surface area contributed by atoms with Crippen molar-refractivity contribution in [3.63, 3.8) is 0 Å². The summed E-state index contributed by atoms with van der Waals surface area (Å²) in [7, 11) is 1.64. The summed E-state index contributed by atoms with van der Waals surface area (Å²) >= 11 is 7.26. The molecule has 0 unspecified atom stereocenters. The summed E-state index contributed by atoms with van der Waals surface area (Å²) < 4.78 is 20.3. The largest absolute Gasteiger partial charge is 0.383 e. The van der Waals surface area contributed by atoms with Crippen LogP contribution in [0.15, 0.2) is 47.6 Å². The summed E-state index contributed by atoms with van der Waals surface area (Å²) in [5.74, 6) is -0.535. The van der Waals surface area contributed by atoms with Gasteiger partial charge in [-0.25, -0.2) is 9.37 Å². The van der Waals surface area contributed by atoms with Crippen molar-refractivity contribution in [2.24, 2.45) is 0 Å². The Morgan fingerprint density at radius 1 is 1.35 bits per heavy atom. The quantitative estimate of drug-likeness (QED) is 0.611. The van der Waals surface area contributed by atoms with Crippen LogP contribution in [0.4, 0.5) is 10.1 Å². The highest BCUT2D eigenvalue weighted by molar-refractivity contribution is 7.99. The molecule has 0 atom stereocenters. The van der Waals surface area contributed by atoms with Gasteiger partial charge in [0.1, 0.15) is 5.82 Å². The van der Waals surface area contributed by atoms with E-state index in [-0.39, 0.29) is 16.7 Å². The summed E-state index contributed by atoms with van der Waals surface area (Å²) in [6.45, 7) is 1.19. The molecule has 3 aromatic rings. The number of ether oxygens (including phenoxy) is 1. The zero-order valence-corrected chi connectivity index (χ0v) is 15.6. The van der Waals surface area contributed by atoms with Gasteiger partial charge in [0.15, 0.2) is 5.16 Å². The molecule has 0 saturated heterocycles. The van der Waals surface area contributed by atoms with Gasteiger partial charge in [0, 0.05) is 13.7 Å². The summed E-state index contributed by atoms with van der Waals surface area (Å²) in [6.07, 6.45) is 0. The van der Waals surface area contributed by atoms with Gasteiger partial charge in [-0.05, 0) is 30.3 Å². The van der Waals surface area contributed by atoms with Gasteiger partial charge in [-0.3, -0.25) is 4.79 Å². The summed E-state index contributed by atoms with van der Waals surface area (Å²) in [5.41, 5.74) is 2.24. The number of para-hydroxylation sites is 2. The third kappa shape index (κ3) is 4.35. The number of fused-ring (bicyclic) bond motifs is 1. The fourth-order valence-corrected chi connectivity index (χ4v) is 3.52. The van der Waals surface area contributed by atoms with Gasteiger partial charge in [0.05, 0.1) is 34.1 Å². The molecule has 0 saturated carbocycles. The minimum Gasteiger partial charge on any atom is -0.383 e. The molecule has 0 radical (unpaired) electrons. The Morgan fingerprint density at radius 2 is 2.15 bits per heavy atom. The van der Waals surface area contributed by atoms with Crippen LogP contribution in [0.2, 0.25) is 5.02 Å². The Morgan fingerprint density at radius 3 is 2.92 bits per heavy atom. The van der Waals surface area contributed by atoms with Crippen LogP contribution >= 0.6 is 23.4 Å². The first kappa shape index (κ1) is 18.7. The summed E-state index contributed by atoms with van der Waals surface area (Å²) in [6, 6.07) is 11.6. The van der Waals surface area contributed by atoms with E-state index >= 15 is 0 Å². The third-order valence-electron chi connectivity index (χ3n) is 3.68. The molecule has 8 heteroatoms. The number of methoxy groups -OCH3 is 1. The Bertz CT molecular complexity index is 932. The summed E-state index contributed by atoms with van der Waals surface area (Å²) in [5, 5.41) is 3.59. The second-order valence-corrected chi connectivity index (χ2v) is 6.84. The van der Waals surface area contributed by atoms with Crippen molar-refractivity contribution < 1.29 is 13.9 Å². The maximum absolute atomic E-state index is 13.1. The number of rotatable bonds is 7. The number of amides is 1. The molecule has 0 aliphatic rings. The predicted octanol–water partition coefficient (Wildman–Crippen LogP) is 4.21. The smallest absolute Gasteiger partial charge is 0.234 e. The van der Waals surface area contributed by atoms with Gasteiger partial charge >= 0.3 is 0 Å². The van der Waals surface area contributed by atoms with Crippen molar-refractivity contribution >= 4 is 46.0 Å². The average molecular weight is 394 g/mol. The normalized spacial score (nSPS) is 11.0. The number of thioether (sulfide) groups is 1. The van der Waals surface area contributed by atoms with Crippen LogP contribution in [-0.2, 0) is 16.1 Å². The number of aromatic nitrogens is 2. The van der Waals surface area contributed by atoms with Crippen LogP contribution in [0.1, 0.15) is 0 Å². The molecule has 0 fully saturated rings. The number of hydrogen-bond donors (Lipinski definition) is 1. The molecule has 5 nitrogen and oxygen atoms in total. The standard InChI is InChI=1S/C18H17ClFN3O2S/c1-25-9-8-23-16-5-3-2-4-15(16)22-18(23)26-11-17(24)21-14-7-6-12(20)10-13(14)19/h2-7,10H,8-9,11H2,1H3,(H,21,24). The lowest BCUT2D eigenvalue weighted by molar-refractivity contribution is -0.113. The highest BCUT2D eigenvalue weighted by Gasteiger charge is 2.13. The van der Waals surface area contributed by atoms with E-state index in [0.29, 0.717) is 18.8 Å². The molecule has 2 aromatic carbocycles. The SMILES string of the molecule is COCCn1c(SCC(=O)Nc2ccc(F)cc2Cl)nc2ccccc21. The fraction of sp³-hybridized carbons (Fsp3) is 0.222. The van der Waals surface area contributed by atoms with E-state index in [0.717, 1.165) is 22.3 Å². The van der Waals surface area contributed by atoms with E-state index < -0.39 is 5.82 Å². The van der Waals surface area contributed by atoms with Gasteiger partial charge in [-0.2, -0.15) is 0 Å². The first-order valence-corrected chi connectivity index (χ1v) is 9.26. The number of anilines is 1. The first-order chi connectivity index (χ1) is 12.6. The van der Waals surface area contributed by atoms with E-state index in [1.54, 1.807) is 7.11 Å². The Kier molecular flexibility index (Phi) is 6.13. The Balaban J connectivity index is 1.71. The molecule has 1 amide bonds. The van der Waals surface area contributed by atoms with Crippen molar-refractivity contribution in [2.45, 2.75) is 11.7 Å². The molecule has 0 aliphatic heterocycles. The molecule has 3 rings (SSSR count). The number of carbonyl (C=O) groups is 1. The van der Waals surface area contributed by atoms with Crippen LogP contribution < -0.4 is 5.32 Å². The lowest BCUT2D eigenvalue weighted by Crippen LogP contribution is -2.15. The molecule has 1 aromatic heterocycles. The lowest BCUT2D eigenvalue weighted by atomic mass is 10.3. The van der Waals surface area contributed by atoms with Crippen LogP contribution in [0, 0.1) is 5.82 Å². The van der Waals surface area contributed by atoms with Gasteiger partial charge in [0.25, 0.3) is 0 Å². The molecule has 136 valence electrons. The number of imidazole rings is 1. The Hall–Kier alpha value is -2.09. The number of carbonyl (C=O) groups excluding carboxylic acids is 1. The van der Waals surface area contributed by atoms with Crippen LogP contribution in [0.25, 0.3) is 11.0 Å². The van der Waals surface area contributed by atoms with E-state index in [4.69, 9.17) is 16.3 Å². The Labute approximate surface area is 159 Å². The van der Waals surface area contributed by atoms with Gasteiger partial charge in [0.2, 0.25) is 5.91 Å². The van der Waals surface area contributed by atoms with Crippen molar-refractivity contribution in [3.05, 3.63) is 53.3 Å². The average Bonchev–Trinajstić information content (AvgIpc) is 2.98. The van der Waals surface area contributed by atoms with E-state index in [2.05, 4.69) is 10.3 Å². The number of hydrogen-bond acceptors (Lipinski definition) is 4. The van der Waals surface area contributed by atoms with Gasteiger partial charge in [-0.15, -0.1) is 0 Å². The molecule has 1 heterocycles. The monoisotopic (exact) mass is 393 g/mol. The van der Waals surface area contributed by atoms with Crippen LogP contribution in [-0.4, -0.2) is 34.9 Å². The topological polar surface area (TPSA) is 56.1 Å². The molecule has 0 aliphatic carbocycles. The number of nitrogens with one attached hydrogen (secondary N) is 1. The highest BCUT2D eigenvalue weighted by Crippen LogP contribution is 2.26. The van der Waals surface area contributed by atoms with Crippen molar-refractivity contribution in [2.75, 3.05) is 24.8 Å². The second-order valence-electron chi connectivity index (χ2n) is 5.49. The van der Waals surface area contributed by atoms with Crippen molar-refractivity contribution in [1.29, 1.82) is 0 Å². The highest BCUT2D eigenvalue weighted by atomic mass is 35.5. The minimum atomic E-state index is -0.450. The van der Waals surface area contributed by atoms with Gasteiger partial charge in [-0.1, -0.05) is 35.5 Å². The maximum atomic E-state index is 13.1. The van der Waals surface area contributed by atoms with Gasteiger partial charge < -0.3 is 14.6 Å². The molecule has 26 heavy (non-hydrogen) atoms. The number of halogens is 2. The molecular weight excluding hydrogens is 377 g/mol. The molecule has 1 N–H and O–H groups in total. The molecule has 0 spiro atoms. The predicted molar refractivity (Wildman–Crippen MR) is 102 cm³/mol. The van der Waals surface area contributed by atoms with Crippen molar-refractivity contribution in [3.8, 4) is 0 Å². The maximum Gasteiger partial charge on any atom is 0.234 e. The van der Waals surface area contributed by atoms with Crippen molar-refractivity contribution in [1.82, 2.24) is 9.55 Å². The number of nitrogens with zero attached hydrogens (tertiary/aromatic N) is 2. The zero-order valence-electron chi connectivity index (χ0n) is 14.0. The van der Waals surface area contributed by atoms with E-state index in [1.807, 2.05) is 28.8 Å². The molecule has 0 bridgehead atoms. The first-order valence-electron chi connectivity index (χ1n) is 7.90. The molecular formula is C18H17ClFN3O2S. The van der Waals surface area contributed by atoms with Crippen LogP contribution in [0.5, 0.6) is 0 Å². The van der Waals surface area contributed by atoms with E-state index in [1.165, 1.54) is 23.9 Å². The second kappa shape index (κ2) is 8.53.